The van der Waals surface area contributed by atoms with E-state index in [1.165, 1.54) is 22.3 Å². The highest BCUT2D eigenvalue weighted by Crippen LogP contribution is 2.33. The molecule has 0 aliphatic heterocycles. The van der Waals surface area contributed by atoms with Crippen LogP contribution >= 0.6 is 0 Å². The van der Waals surface area contributed by atoms with Crippen molar-refractivity contribution in [3.8, 4) is 0 Å². The van der Waals surface area contributed by atoms with Gasteiger partial charge in [-0.25, -0.2) is 0 Å². The lowest BCUT2D eigenvalue weighted by Gasteiger charge is -2.16. The first-order chi connectivity index (χ1) is 17.8. The van der Waals surface area contributed by atoms with E-state index in [1.54, 1.807) is 14.2 Å². The molecule has 0 N–H and O–H groups in total. The third-order valence-corrected chi connectivity index (χ3v) is 6.34. The molecule has 2 heteroatoms. The van der Waals surface area contributed by atoms with E-state index < -0.39 is 0 Å². The molecule has 0 aromatic heterocycles. The van der Waals surface area contributed by atoms with Gasteiger partial charge in [-0.3, -0.25) is 8.85 Å². The number of benzene rings is 3. The van der Waals surface area contributed by atoms with Crippen LogP contribution in [0.15, 0.2) is 145 Å². The van der Waals surface area contributed by atoms with Gasteiger partial charge in [-0.2, -0.15) is 0 Å². The van der Waals surface area contributed by atoms with Gasteiger partial charge in [0.15, 0.2) is 0 Å². The molecule has 0 atom stereocenters. The van der Waals surface area contributed by atoms with Gasteiger partial charge in [-0.05, 0) is 68.9 Å². The monoisotopic (exact) mass is 468 g/mol. The SMILES string of the molecule is C[O+]=C1C=CC(=C(c2ccccc2)c2ccc(C(=C3C=CC(=[O+]C)C=C3)c3ccccc3)cc2)C=C1. The van der Waals surface area contributed by atoms with Crippen molar-refractivity contribution in [1.82, 2.24) is 0 Å². The van der Waals surface area contributed by atoms with Crippen molar-refractivity contribution in [3.63, 3.8) is 0 Å². The Morgan fingerprint density at radius 3 is 1.00 bits per heavy atom. The molecule has 5 rings (SSSR count). The normalized spacial score (nSPS) is 14.3. The van der Waals surface area contributed by atoms with Crippen LogP contribution in [0.1, 0.15) is 22.3 Å². The summed E-state index contributed by atoms with van der Waals surface area (Å²) in [4.78, 5) is 0. The fourth-order valence-electron chi connectivity index (χ4n) is 4.53. The van der Waals surface area contributed by atoms with Crippen molar-refractivity contribution >= 4 is 22.7 Å². The first kappa shape index (κ1) is 23.2. The van der Waals surface area contributed by atoms with Gasteiger partial charge < -0.3 is 0 Å². The fourth-order valence-corrected chi connectivity index (χ4v) is 4.53. The Bertz CT molecular complexity index is 1340. The topological polar surface area (TPSA) is 22.6 Å². The van der Waals surface area contributed by atoms with Crippen molar-refractivity contribution in [1.29, 1.82) is 0 Å². The zero-order chi connectivity index (χ0) is 24.7. The molecule has 0 bridgehead atoms. The van der Waals surface area contributed by atoms with Crippen molar-refractivity contribution < 1.29 is 8.85 Å². The fraction of sp³-hybridized carbons (Fsp3) is 0.0588. The molecule has 2 aliphatic carbocycles. The van der Waals surface area contributed by atoms with Crippen molar-refractivity contribution in [2.75, 3.05) is 14.2 Å². The highest BCUT2D eigenvalue weighted by molar-refractivity contribution is 6.04. The van der Waals surface area contributed by atoms with Crippen LogP contribution in [0, 0.1) is 0 Å². The van der Waals surface area contributed by atoms with Crippen LogP contribution in [-0.4, -0.2) is 25.8 Å². The van der Waals surface area contributed by atoms with Gasteiger partial charge >= 0.3 is 11.6 Å². The highest BCUT2D eigenvalue weighted by atomic mass is 16.4. The maximum atomic E-state index is 5.38. The smallest absolute Gasteiger partial charge is 0.258 e. The van der Waals surface area contributed by atoms with Gasteiger partial charge in [0.2, 0.25) is 0 Å². The predicted molar refractivity (Wildman–Crippen MR) is 150 cm³/mol. The molecule has 0 amide bonds. The van der Waals surface area contributed by atoms with E-state index in [0.29, 0.717) is 0 Å². The van der Waals surface area contributed by atoms with Gasteiger partial charge in [0.25, 0.3) is 14.2 Å². The first-order valence-electron chi connectivity index (χ1n) is 12.0. The van der Waals surface area contributed by atoms with E-state index >= 15 is 0 Å². The largest absolute Gasteiger partial charge is 0.343 e. The van der Waals surface area contributed by atoms with E-state index in [9.17, 15) is 0 Å². The van der Waals surface area contributed by atoms with E-state index in [0.717, 1.165) is 33.8 Å². The lowest BCUT2D eigenvalue weighted by atomic mass is 9.87. The third-order valence-electron chi connectivity index (χ3n) is 6.34. The molecule has 0 heterocycles. The summed E-state index contributed by atoms with van der Waals surface area (Å²) in [6.07, 6.45) is 16.5. The second kappa shape index (κ2) is 10.8. The van der Waals surface area contributed by atoms with Gasteiger partial charge in [0, 0.05) is 24.3 Å². The molecule has 0 saturated carbocycles. The third kappa shape index (κ3) is 4.94. The molecule has 0 spiro atoms. The molecule has 0 saturated heterocycles. The van der Waals surface area contributed by atoms with Gasteiger partial charge in [-0.1, -0.05) is 84.9 Å². The summed E-state index contributed by atoms with van der Waals surface area (Å²) in [6.45, 7) is 0. The van der Waals surface area contributed by atoms with E-state index in [4.69, 9.17) is 8.85 Å². The van der Waals surface area contributed by atoms with Crippen LogP contribution in [0.2, 0.25) is 0 Å². The lowest BCUT2D eigenvalue weighted by molar-refractivity contribution is -0.418. The van der Waals surface area contributed by atoms with Crippen LogP contribution in [0.25, 0.3) is 11.1 Å². The summed E-state index contributed by atoms with van der Waals surface area (Å²) in [6, 6.07) is 29.9. The Hall–Kier alpha value is -4.56. The highest BCUT2D eigenvalue weighted by Gasteiger charge is 2.16. The van der Waals surface area contributed by atoms with Gasteiger partial charge in [0.1, 0.15) is 0 Å². The predicted octanol–water partition coefficient (Wildman–Crippen LogP) is 7.01. The summed E-state index contributed by atoms with van der Waals surface area (Å²) < 4.78 is 10.8. The summed E-state index contributed by atoms with van der Waals surface area (Å²) in [5, 5.41) is 0. The number of hydrogen-bond donors (Lipinski definition) is 0. The molecule has 174 valence electrons. The average Bonchev–Trinajstić information content (AvgIpc) is 2.96. The van der Waals surface area contributed by atoms with Crippen molar-refractivity contribution in [3.05, 3.63) is 167 Å². The van der Waals surface area contributed by atoms with E-state index in [-0.39, 0.29) is 0 Å². The molecule has 3 aromatic rings. The average molecular weight is 469 g/mol. The minimum absolute atomic E-state index is 0.850. The standard InChI is InChI=1S/C34H28O2/c1-35-31-21-17-29(18-22-31)33(25-9-5-3-6-10-25)27-13-15-28(16-14-27)34(26-11-7-4-8-12-26)30-19-23-32(36-2)24-20-30/h3-24H,1-2H3/q+2. The summed E-state index contributed by atoms with van der Waals surface area (Å²) in [7, 11) is 3.39. The molecular weight excluding hydrogens is 440 g/mol. The minimum Gasteiger partial charge on any atom is -0.258 e. The number of hydrogen-bond acceptors (Lipinski definition) is 0. The lowest BCUT2D eigenvalue weighted by Crippen LogP contribution is -2.00. The number of rotatable bonds is 4. The van der Waals surface area contributed by atoms with E-state index in [1.807, 2.05) is 36.4 Å². The van der Waals surface area contributed by atoms with Gasteiger partial charge in [0.05, 0.1) is 0 Å². The summed E-state index contributed by atoms with van der Waals surface area (Å²) in [5.41, 5.74) is 9.37. The van der Waals surface area contributed by atoms with Crippen LogP contribution < -0.4 is 0 Å². The molecule has 0 fully saturated rings. The van der Waals surface area contributed by atoms with Crippen LogP contribution in [0.4, 0.5) is 0 Å². The Morgan fingerprint density at radius 2 is 0.694 bits per heavy atom. The minimum atomic E-state index is 0.850. The summed E-state index contributed by atoms with van der Waals surface area (Å²) in [5.74, 6) is 1.70. The molecule has 0 radical (unpaired) electrons. The summed E-state index contributed by atoms with van der Waals surface area (Å²) >= 11 is 0. The molecule has 3 aromatic carbocycles. The zero-order valence-electron chi connectivity index (χ0n) is 20.5. The molecule has 0 unspecified atom stereocenters. The zero-order valence-corrected chi connectivity index (χ0v) is 20.5. The van der Waals surface area contributed by atoms with Crippen LogP contribution in [0.5, 0.6) is 0 Å². The van der Waals surface area contributed by atoms with Crippen LogP contribution in [0.3, 0.4) is 0 Å². The number of allylic oxidation sites excluding steroid dienone is 10. The van der Waals surface area contributed by atoms with E-state index in [2.05, 4.69) is 97.1 Å². The molecule has 2 aliphatic rings. The second-order valence-electron chi connectivity index (χ2n) is 8.52. The maximum absolute atomic E-state index is 5.38. The Morgan fingerprint density at radius 1 is 0.389 bits per heavy atom. The number of ketones is 2. The number of carbonyl (C=O) groups excluding carboxylic acids is 2. The Labute approximate surface area is 212 Å². The molecule has 36 heavy (non-hydrogen) atoms. The first-order valence-corrected chi connectivity index (χ1v) is 12.0. The van der Waals surface area contributed by atoms with Crippen molar-refractivity contribution in [2.45, 2.75) is 0 Å². The van der Waals surface area contributed by atoms with Crippen LogP contribution in [-0.2, 0) is 8.85 Å². The Balaban J connectivity index is 1.62. The second-order valence-corrected chi connectivity index (χ2v) is 8.52. The molecule has 2 nitrogen and oxygen atoms in total. The van der Waals surface area contributed by atoms with Crippen molar-refractivity contribution in [2.24, 2.45) is 0 Å². The molecular formula is C34H28O2+2. The maximum Gasteiger partial charge on any atom is 0.343 e. The van der Waals surface area contributed by atoms with Gasteiger partial charge in [-0.15, -0.1) is 0 Å². The Kier molecular flexibility index (Phi) is 6.95. The quantitative estimate of drug-likeness (QED) is 0.368.